The van der Waals surface area contributed by atoms with Crippen LogP contribution in [0.15, 0.2) is 4.99 Å². The fourth-order valence-corrected chi connectivity index (χ4v) is 1.06. The molecule has 8 heavy (non-hydrogen) atoms. The molecule has 2 heteroatoms. The highest BCUT2D eigenvalue weighted by molar-refractivity contribution is 6.65. The van der Waals surface area contributed by atoms with Crippen LogP contribution in [0.1, 0.15) is 25.7 Å². The zero-order valence-corrected chi connectivity index (χ0v) is 5.62. The van der Waals surface area contributed by atoms with Crippen LogP contribution in [0.4, 0.5) is 0 Å². The molecule has 0 fully saturated rings. The van der Waals surface area contributed by atoms with Gasteiger partial charge in [-0.15, -0.1) is 0 Å². The van der Waals surface area contributed by atoms with Gasteiger partial charge in [-0.1, -0.05) is 18.0 Å². The van der Waals surface area contributed by atoms with Crippen molar-refractivity contribution >= 4 is 16.8 Å². The van der Waals surface area contributed by atoms with E-state index in [0.717, 1.165) is 18.1 Å². The highest BCUT2D eigenvalue weighted by Gasteiger charge is 1.98. The van der Waals surface area contributed by atoms with Crippen LogP contribution in [0.5, 0.6) is 0 Å². The number of aliphatic imine (C=N–C) groups is 1. The quantitative estimate of drug-likeness (QED) is 0.478. The molecule has 0 aliphatic carbocycles. The van der Waals surface area contributed by atoms with Crippen LogP contribution in [0, 0.1) is 0 Å². The van der Waals surface area contributed by atoms with E-state index in [2.05, 4.69) is 4.99 Å². The summed E-state index contributed by atoms with van der Waals surface area (Å²) in [7, 11) is 0. The van der Waals surface area contributed by atoms with E-state index < -0.39 is 0 Å². The summed E-state index contributed by atoms with van der Waals surface area (Å²) in [5.74, 6) is 0. The molecule has 0 atom stereocenters. The van der Waals surface area contributed by atoms with Crippen LogP contribution in [0.3, 0.4) is 0 Å². The maximum Gasteiger partial charge on any atom is 0.100 e. The molecule has 0 radical (unpaired) electrons. The lowest BCUT2D eigenvalue weighted by atomic mass is 10.2. The van der Waals surface area contributed by atoms with Gasteiger partial charge in [0.1, 0.15) is 5.17 Å². The van der Waals surface area contributed by atoms with Gasteiger partial charge in [0.05, 0.1) is 0 Å². The van der Waals surface area contributed by atoms with Crippen molar-refractivity contribution in [2.75, 3.05) is 6.54 Å². The Kier molecular flexibility index (Phi) is 2.34. The molecule has 0 N–H and O–H groups in total. The van der Waals surface area contributed by atoms with Gasteiger partial charge in [-0.25, -0.2) is 0 Å². The first kappa shape index (κ1) is 6.09. The standard InChI is InChI=1S/C6H10ClN/c7-6-4-2-1-3-5-8-6/h1-5H2. The van der Waals surface area contributed by atoms with E-state index in [9.17, 15) is 0 Å². The van der Waals surface area contributed by atoms with E-state index in [1.807, 2.05) is 0 Å². The normalized spacial score (nSPS) is 21.9. The summed E-state index contributed by atoms with van der Waals surface area (Å²) >= 11 is 5.67. The molecule has 1 aliphatic rings. The first-order valence-corrected chi connectivity index (χ1v) is 3.46. The van der Waals surface area contributed by atoms with Crippen LogP contribution in [0.25, 0.3) is 0 Å². The largest absolute Gasteiger partial charge is 0.278 e. The topological polar surface area (TPSA) is 12.4 Å². The van der Waals surface area contributed by atoms with Crippen molar-refractivity contribution in [2.24, 2.45) is 4.99 Å². The minimum absolute atomic E-state index is 0.822. The monoisotopic (exact) mass is 131 g/mol. The lowest BCUT2D eigenvalue weighted by Crippen LogP contribution is -1.82. The van der Waals surface area contributed by atoms with Gasteiger partial charge in [0, 0.05) is 13.0 Å². The molecule has 0 unspecified atom stereocenters. The van der Waals surface area contributed by atoms with Crippen LogP contribution < -0.4 is 0 Å². The second-order valence-corrected chi connectivity index (χ2v) is 2.50. The molecule has 0 spiro atoms. The maximum atomic E-state index is 5.67. The molecule has 0 bridgehead atoms. The van der Waals surface area contributed by atoms with Gasteiger partial charge in [-0.05, 0) is 12.8 Å². The van der Waals surface area contributed by atoms with E-state index in [1.54, 1.807) is 0 Å². The summed E-state index contributed by atoms with van der Waals surface area (Å²) in [6, 6.07) is 0. The van der Waals surface area contributed by atoms with Crippen LogP contribution in [-0.4, -0.2) is 11.7 Å². The molecule has 46 valence electrons. The highest BCUT2D eigenvalue weighted by Crippen LogP contribution is 2.08. The molecule has 1 heterocycles. The Balaban J connectivity index is 2.36. The Labute approximate surface area is 54.8 Å². The molecule has 0 saturated heterocycles. The Morgan fingerprint density at radius 2 is 2.12 bits per heavy atom. The minimum Gasteiger partial charge on any atom is -0.278 e. The summed E-state index contributed by atoms with van der Waals surface area (Å²) in [4.78, 5) is 4.11. The molecule has 1 rings (SSSR count). The van der Waals surface area contributed by atoms with Crippen LogP contribution in [0.2, 0.25) is 0 Å². The average molecular weight is 132 g/mol. The third-order valence-electron chi connectivity index (χ3n) is 1.32. The number of hydrogen-bond donors (Lipinski definition) is 0. The highest BCUT2D eigenvalue weighted by atomic mass is 35.5. The molecular weight excluding hydrogens is 122 g/mol. The fourth-order valence-electron chi connectivity index (χ4n) is 0.839. The zero-order chi connectivity index (χ0) is 5.82. The van der Waals surface area contributed by atoms with Crippen molar-refractivity contribution < 1.29 is 0 Å². The SMILES string of the molecule is ClC1=NCCCCC1. The van der Waals surface area contributed by atoms with Gasteiger partial charge in [-0.3, -0.25) is 4.99 Å². The predicted molar refractivity (Wildman–Crippen MR) is 36.6 cm³/mol. The fraction of sp³-hybridized carbons (Fsp3) is 0.833. The van der Waals surface area contributed by atoms with Gasteiger partial charge in [0.2, 0.25) is 0 Å². The molecule has 0 aromatic carbocycles. The lowest BCUT2D eigenvalue weighted by molar-refractivity contribution is 0.731. The number of nitrogens with zero attached hydrogens (tertiary/aromatic N) is 1. The summed E-state index contributed by atoms with van der Waals surface area (Å²) < 4.78 is 0. The first-order valence-electron chi connectivity index (χ1n) is 3.08. The maximum absolute atomic E-state index is 5.67. The predicted octanol–water partition coefficient (Wildman–Crippen LogP) is 2.20. The Hall–Kier alpha value is -0.0400. The lowest BCUT2D eigenvalue weighted by Gasteiger charge is -1.87. The summed E-state index contributed by atoms with van der Waals surface area (Å²) in [6.07, 6.45) is 4.74. The smallest absolute Gasteiger partial charge is 0.100 e. The Morgan fingerprint density at radius 1 is 1.25 bits per heavy atom. The zero-order valence-electron chi connectivity index (χ0n) is 4.86. The molecule has 1 nitrogen and oxygen atoms in total. The second-order valence-electron chi connectivity index (χ2n) is 2.07. The summed E-state index contributed by atoms with van der Waals surface area (Å²) in [6.45, 7) is 0.943. The van der Waals surface area contributed by atoms with Gasteiger partial charge < -0.3 is 0 Å². The van der Waals surface area contributed by atoms with E-state index in [4.69, 9.17) is 11.6 Å². The van der Waals surface area contributed by atoms with Gasteiger partial charge in [0.25, 0.3) is 0 Å². The molecule has 0 saturated carbocycles. The average Bonchev–Trinajstić information content (AvgIpc) is 1.94. The molecule has 0 amide bonds. The van der Waals surface area contributed by atoms with Gasteiger partial charge >= 0.3 is 0 Å². The third-order valence-corrected chi connectivity index (χ3v) is 1.63. The van der Waals surface area contributed by atoms with E-state index in [0.29, 0.717) is 0 Å². The third kappa shape index (κ3) is 1.83. The number of rotatable bonds is 0. The van der Waals surface area contributed by atoms with E-state index >= 15 is 0 Å². The van der Waals surface area contributed by atoms with Crippen molar-refractivity contribution in [3.8, 4) is 0 Å². The summed E-state index contributed by atoms with van der Waals surface area (Å²) in [5, 5.41) is 0.822. The van der Waals surface area contributed by atoms with Crippen LogP contribution in [-0.2, 0) is 0 Å². The van der Waals surface area contributed by atoms with Crippen molar-refractivity contribution in [3.63, 3.8) is 0 Å². The van der Waals surface area contributed by atoms with Crippen LogP contribution >= 0.6 is 11.6 Å². The molecular formula is C6H10ClN. The number of hydrogen-bond acceptors (Lipinski definition) is 1. The minimum atomic E-state index is 0.822. The first-order chi connectivity index (χ1) is 3.89. The van der Waals surface area contributed by atoms with Crippen molar-refractivity contribution in [1.82, 2.24) is 0 Å². The molecule has 0 aromatic rings. The van der Waals surface area contributed by atoms with E-state index in [1.165, 1.54) is 19.3 Å². The van der Waals surface area contributed by atoms with Crippen molar-refractivity contribution in [3.05, 3.63) is 0 Å². The van der Waals surface area contributed by atoms with Gasteiger partial charge in [0.15, 0.2) is 0 Å². The van der Waals surface area contributed by atoms with E-state index in [-0.39, 0.29) is 0 Å². The summed E-state index contributed by atoms with van der Waals surface area (Å²) in [5.41, 5.74) is 0. The van der Waals surface area contributed by atoms with Gasteiger partial charge in [-0.2, -0.15) is 0 Å². The molecule has 0 aromatic heterocycles. The van der Waals surface area contributed by atoms with Crippen molar-refractivity contribution in [1.29, 1.82) is 0 Å². The Morgan fingerprint density at radius 3 is 3.00 bits per heavy atom. The molecule has 1 aliphatic heterocycles. The number of halogens is 1. The van der Waals surface area contributed by atoms with Crippen molar-refractivity contribution in [2.45, 2.75) is 25.7 Å². The Bertz CT molecular complexity index is 98.7. The second kappa shape index (κ2) is 3.08.